The second-order valence-corrected chi connectivity index (χ2v) is 6.05. The zero-order chi connectivity index (χ0) is 14.0. The summed E-state index contributed by atoms with van der Waals surface area (Å²) in [4.78, 5) is 11.8. The van der Waals surface area contributed by atoms with Crippen LogP contribution in [0.4, 0.5) is 8.78 Å². The number of carbonyl (C=O) groups excluding carboxylic acids is 1. The first-order valence-corrected chi connectivity index (χ1v) is 6.60. The van der Waals surface area contributed by atoms with Crippen molar-refractivity contribution in [2.45, 2.75) is 45.6 Å². The lowest BCUT2D eigenvalue weighted by molar-refractivity contribution is -0.121. The molecule has 0 heterocycles. The van der Waals surface area contributed by atoms with E-state index in [0.717, 1.165) is 19.3 Å². The van der Waals surface area contributed by atoms with Gasteiger partial charge in [0.1, 0.15) is 11.6 Å². The van der Waals surface area contributed by atoms with Crippen molar-refractivity contribution in [3.8, 4) is 0 Å². The van der Waals surface area contributed by atoms with Crippen LogP contribution in [-0.4, -0.2) is 11.9 Å². The van der Waals surface area contributed by atoms with E-state index in [9.17, 15) is 13.6 Å². The summed E-state index contributed by atoms with van der Waals surface area (Å²) in [6.45, 7) is 4.32. The zero-order valence-electron chi connectivity index (χ0n) is 11.3. The lowest BCUT2D eigenvalue weighted by Crippen LogP contribution is -2.35. The normalized spacial score (nSPS) is 21.4. The molecular formula is C15H19F2NO. The molecule has 0 spiro atoms. The number of hydrogen-bond acceptors (Lipinski definition) is 1. The highest BCUT2D eigenvalue weighted by Crippen LogP contribution is 2.36. The Kier molecular flexibility index (Phi) is 3.88. The van der Waals surface area contributed by atoms with Crippen LogP contribution in [-0.2, 0) is 11.2 Å². The van der Waals surface area contributed by atoms with Crippen molar-refractivity contribution in [1.82, 2.24) is 5.32 Å². The molecule has 1 unspecified atom stereocenters. The number of nitrogens with one attached hydrogen (secondary N) is 1. The van der Waals surface area contributed by atoms with E-state index < -0.39 is 11.6 Å². The van der Waals surface area contributed by atoms with Crippen LogP contribution in [0.5, 0.6) is 0 Å². The van der Waals surface area contributed by atoms with Gasteiger partial charge in [-0.25, -0.2) is 8.78 Å². The van der Waals surface area contributed by atoms with Crippen molar-refractivity contribution >= 4 is 5.91 Å². The minimum Gasteiger partial charge on any atom is -0.353 e. The maximum atomic E-state index is 13.4. The van der Waals surface area contributed by atoms with Crippen LogP contribution in [0, 0.1) is 17.0 Å². The molecule has 2 nitrogen and oxygen atoms in total. The standard InChI is InChI=1S/C15H19F2NO/c1-15(2)7-6-10(9-15)18-14(19)8-11-12(16)4-3-5-13(11)17/h3-5,10H,6-9H2,1-2H3,(H,18,19). The van der Waals surface area contributed by atoms with Crippen LogP contribution in [0.3, 0.4) is 0 Å². The zero-order valence-corrected chi connectivity index (χ0v) is 11.3. The Balaban J connectivity index is 1.95. The molecule has 0 saturated heterocycles. The molecule has 1 N–H and O–H groups in total. The first kappa shape index (κ1) is 14.0. The largest absolute Gasteiger partial charge is 0.353 e. The quantitative estimate of drug-likeness (QED) is 0.895. The monoisotopic (exact) mass is 267 g/mol. The van der Waals surface area contributed by atoms with Gasteiger partial charge in [0.15, 0.2) is 0 Å². The van der Waals surface area contributed by atoms with Crippen LogP contribution in [0.2, 0.25) is 0 Å². The number of amides is 1. The molecule has 1 saturated carbocycles. The van der Waals surface area contributed by atoms with Gasteiger partial charge in [-0.05, 0) is 36.8 Å². The van der Waals surface area contributed by atoms with Gasteiger partial charge < -0.3 is 5.32 Å². The molecule has 1 aromatic carbocycles. The molecule has 1 aliphatic carbocycles. The average Bonchev–Trinajstić information content (AvgIpc) is 2.63. The van der Waals surface area contributed by atoms with E-state index in [4.69, 9.17) is 0 Å². The molecular weight excluding hydrogens is 248 g/mol. The van der Waals surface area contributed by atoms with Crippen molar-refractivity contribution in [3.63, 3.8) is 0 Å². The first-order chi connectivity index (χ1) is 8.87. The Morgan fingerprint density at radius 3 is 2.53 bits per heavy atom. The summed E-state index contributed by atoms with van der Waals surface area (Å²) in [5.41, 5.74) is 0.0820. The molecule has 0 aliphatic heterocycles. The molecule has 1 aromatic rings. The molecule has 1 aliphatic rings. The summed E-state index contributed by atoms with van der Waals surface area (Å²) >= 11 is 0. The minimum absolute atomic E-state index is 0.123. The smallest absolute Gasteiger partial charge is 0.224 e. The Morgan fingerprint density at radius 2 is 2.00 bits per heavy atom. The van der Waals surface area contributed by atoms with Crippen molar-refractivity contribution in [2.75, 3.05) is 0 Å². The van der Waals surface area contributed by atoms with E-state index >= 15 is 0 Å². The molecule has 0 radical (unpaired) electrons. The van der Waals surface area contributed by atoms with Gasteiger partial charge in [-0.3, -0.25) is 4.79 Å². The summed E-state index contributed by atoms with van der Waals surface area (Å²) in [6, 6.07) is 3.76. The lowest BCUT2D eigenvalue weighted by Gasteiger charge is -2.18. The van der Waals surface area contributed by atoms with E-state index in [1.54, 1.807) is 0 Å². The highest BCUT2D eigenvalue weighted by atomic mass is 19.1. The van der Waals surface area contributed by atoms with Gasteiger partial charge in [0, 0.05) is 11.6 Å². The maximum Gasteiger partial charge on any atom is 0.224 e. The fraction of sp³-hybridized carbons (Fsp3) is 0.533. The Hall–Kier alpha value is -1.45. The average molecular weight is 267 g/mol. The van der Waals surface area contributed by atoms with Crippen LogP contribution >= 0.6 is 0 Å². The molecule has 4 heteroatoms. The van der Waals surface area contributed by atoms with Gasteiger partial charge in [-0.2, -0.15) is 0 Å². The fourth-order valence-electron chi connectivity index (χ4n) is 2.70. The van der Waals surface area contributed by atoms with E-state index in [2.05, 4.69) is 19.2 Å². The molecule has 2 rings (SSSR count). The molecule has 19 heavy (non-hydrogen) atoms. The van der Waals surface area contributed by atoms with Crippen LogP contribution in [0.1, 0.15) is 38.7 Å². The van der Waals surface area contributed by atoms with Gasteiger partial charge in [0.05, 0.1) is 6.42 Å². The van der Waals surface area contributed by atoms with Gasteiger partial charge in [0.2, 0.25) is 5.91 Å². The molecule has 1 fully saturated rings. The first-order valence-electron chi connectivity index (χ1n) is 6.60. The summed E-state index contributed by atoms with van der Waals surface area (Å²) in [5.74, 6) is -1.64. The molecule has 1 atom stereocenters. The predicted molar refractivity (Wildman–Crippen MR) is 69.6 cm³/mol. The topological polar surface area (TPSA) is 29.1 Å². The van der Waals surface area contributed by atoms with Crippen molar-refractivity contribution in [3.05, 3.63) is 35.4 Å². The molecule has 0 bridgehead atoms. The van der Waals surface area contributed by atoms with E-state index in [0.29, 0.717) is 0 Å². The van der Waals surface area contributed by atoms with E-state index in [-0.39, 0.29) is 29.3 Å². The third kappa shape index (κ3) is 3.52. The van der Waals surface area contributed by atoms with Gasteiger partial charge in [-0.15, -0.1) is 0 Å². The van der Waals surface area contributed by atoms with E-state index in [1.165, 1.54) is 18.2 Å². The van der Waals surface area contributed by atoms with Crippen LogP contribution in [0.25, 0.3) is 0 Å². The summed E-state index contributed by atoms with van der Waals surface area (Å²) in [5, 5.41) is 2.87. The van der Waals surface area contributed by atoms with Gasteiger partial charge in [0.25, 0.3) is 0 Å². The Labute approximate surface area is 112 Å². The van der Waals surface area contributed by atoms with Crippen molar-refractivity contribution < 1.29 is 13.6 Å². The third-order valence-electron chi connectivity index (χ3n) is 3.73. The molecule has 1 amide bonds. The van der Waals surface area contributed by atoms with Gasteiger partial charge >= 0.3 is 0 Å². The maximum absolute atomic E-state index is 13.4. The minimum atomic E-state index is -0.665. The predicted octanol–water partition coefficient (Wildman–Crippen LogP) is 3.20. The van der Waals surface area contributed by atoms with E-state index in [1.807, 2.05) is 0 Å². The number of rotatable bonds is 3. The van der Waals surface area contributed by atoms with Crippen molar-refractivity contribution in [1.29, 1.82) is 0 Å². The summed E-state index contributed by atoms with van der Waals surface area (Å²) in [6.07, 6.45) is 2.67. The Morgan fingerprint density at radius 1 is 1.37 bits per heavy atom. The second-order valence-electron chi connectivity index (χ2n) is 6.05. The lowest BCUT2D eigenvalue weighted by atomic mass is 9.92. The number of halogens is 2. The number of carbonyl (C=O) groups is 1. The second kappa shape index (κ2) is 5.27. The van der Waals surface area contributed by atoms with Crippen LogP contribution in [0.15, 0.2) is 18.2 Å². The molecule has 0 aromatic heterocycles. The van der Waals surface area contributed by atoms with Crippen LogP contribution < -0.4 is 5.32 Å². The Bertz CT molecular complexity index is 465. The highest BCUT2D eigenvalue weighted by Gasteiger charge is 2.31. The third-order valence-corrected chi connectivity index (χ3v) is 3.73. The summed E-state index contributed by atoms with van der Waals surface area (Å²) < 4.78 is 26.9. The highest BCUT2D eigenvalue weighted by molar-refractivity contribution is 5.79. The number of benzene rings is 1. The van der Waals surface area contributed by atoms with Gasteiger partial charge in [-0.1, -0.05) is 19.9 Å². The molecule has 104 valence electrons. The number of hydrogen-bond donors (Lipinski definition) is 1. The fourth-order valence-corrected chi connectivity index (χ4v) is 2.70. The van der Waals surface area contributed by atoms with Crippen molar-refractivity contribution in [2.24, 2.45) is 5.41 Å². The summed E-state index contributed by atoms with van der Waals surface area (Å²) in [7, 11) is 0. The SMILES string of the molecule is CC1(C)CCC(NC(=O)Cc2c(F)cccc2F)C1.